The van der Waals surface area contributed by atoms with Crippen LogP contribution in [0.25, 0.3) is 11.2 Å². The Hall–Kier alpha value is -2.22. The molecule has 0 spiro atoms. The van der Waals surface area contributed by atoms with Gasteiger partial charge in [0.1, 0.15) is 5.52 Å². The molecule has 1 fully saturated rings. The number of aryl methyl sites for hydroxylation is 1. The van der Waals surface area contributed by atoms with Crippen LogP contribution in [0.4, 0.5) is 5.95 Å². The summed E-state index contributed by atoms with van der Waals surface area (Å²) in [5, 5.41) is 3.19. The van der Waals surface area contributed by atoms with Crippen molar-refractivity contribution in [3.63, 3.8) is 0 Å². The lowest BCUT2D eigenvalue weighted by molar-refractivity contribution is 0.833. The van der Waals surface area contributed by atoms with Gasteiger partial charge in [0, 0.05) is 13.1 Å². The Morgan fingerprint density at radius 2 is 2.00 bits per heavy atom. The highest BCUT2D eigenvalue weighted by molar-refractivity contribution is 5.73. The van der Waals surface area contributed by atoms with E-state index in [1.807, 2.05) is 11.8 Å². The number of nitrogens with one attached hydrogen (secondary N) is 3. The van der Waals surface area contributed by atoms with Gasteiger partial charge in [0.15, 0.2) is 5.65 Å². The molecule has 3 rings (SSSR count). The van der Waals surface area contributed by atoms with Gasteiger partial charge in [0.2, 0.25) is 5.95 Å². The normalized spacial score (nSPS) is 15.3. The van der Waals surface area contributed by atoms with E-state index in [1.165, 1.54) is 0 Å². The maximum atomic E-state index is 11.4. The molecule has 100 valence electrons. The van der Waals surface area contributed by atoms with E-state index < -0.39 is 11.1 Å². The van der Waals surface area contributed by atoms with Crippen molar-refractivity contribution in [2.45, 2.75) is 13.3 Å². The zero-order valence-electron chi connectivity index (χ0n) is 10.5. The second-order valence-corrected chi connectivity index (χ2v) is 4.38. The lowest BCUT2D eigenvalue weighted by Crippen LogP contribution is -2.30. The molecular weight excluding hydrogens is 248 g/mol. The molecule has 0 saturated carbocycles. The van der Waals surface area contributed by atoms with E-state index >= 15 is 0 Å². The van der Waals surface area contributed by atoms with Crippen molar-refractivity contribution in [1.29, 1.82) is 0 Å². The summed E-state index contributed by atoms with van der Waals surface area (Å²) < 4.78 is 0. The molecule has 0 bridgehead atoms. The van der Waals surface area contributed by atoms with Gasteiger partial charge in [0.25, 0.3) is 0 Å². The first-order valence-corrected chi connectivity index (χ1v) is 6.18. The summed E-state index contributed by atoms with van der Waals surface area (Å²) in [5.74, 6) is 0.567. The van der Waals surface area contributed by atoms with Crippen molar-refractivity contribution >= 4 is 17.1 Å². The van der Waals surface area contributed by atoms with Crippen molar-refractivity contribution in [2.75, 3.05) is 24.7 Å². The number of aromatic amines is 2. The molecule has 1 aliphatic rings. The van der Waals surface area contributed by atoms with E-state index in [-0.39, 0.29) is 0 Å². The zero-order valence-corrected chi connectivity index (χ0v) is 10.5. The number of hydrogen-bond acceptors (Lipinski definition) is 6. The van der Waals surface area contributed by atoms with Gasteiger partial charge in [0.05, 0.1) is 12.4 Å². The summed E-state index contributed by atoms with van der Waals surface area (Å²) in [6.45, 7) is 4.33. The van der Waals surface area contributed by atoms with Crippen LogP contribution in [0.2, 0.25) is 0 Å². The number of rotatable bonds is 2. The molecule has 19 heavy (non-hydrogen) atoms. The predicted octanol–water partition coefficient (Wildman–Crippen LogP) is -1.06. The van der Waals surface area contributed by atoms with E-state index in [4.69, 9.17) is 0 Å². The zero-order chi connectivity index (χ0) is 13.4. The van der Waals surface area contributed by atoms with Crippen molar-refractivity contribution < 1.29 is 0 Å². The van der Waals surface area contributed by atoms with Gasteiger partial charge in [-0.1, -0.05) is 6.92 Å². The lowest BCUT2D eigenvalue weighted by atomic mass is 10.3. The molecule has 1 aliphatic heterocycles. The monoisotopic (exact) mass is 262 g/mol. The van der Waals surface area contributed by atoms with Gasteiger partial charge in [-0.3, -0.25) is 14.9 Å². The van der Waals surface area contributed by atoms with Gasteiger partial charge >= 0.3 is 11.1 Å². The summed E-state index contributed by atoms with van der Waals surface area (Å²) in [7, 11) is 0. The molecule has 8 heteroatoms. The van der Waals surface area contributed by atoms with Crippen molar-refractivity contribution in [1.82, 2.24) is 25.3 Å². The standard InChI is InChI=1S/C11H14N6O2/c1-2-6-7-8(15-10(19)9(18)14-7)16-11(13-6)17-4-3-12-5-17/h12H,2-5H2,1H3,(H,14,18)(H,13,15,16,19). The van der Waals surface area contributed by atoms with Crippen LogP contribution in [0.1, 0.15) is 12.6 Å². The van der Waals surface area contributed by atoms with Gasteiger partial charge in [-0.2, -0.15) is 4.98 Å². The maximum Gasteiger partial charge on any atom is 0.315 e. The number of fused-ring (bicyclic) bond motifs is 1. The topological polar surface area (TPSA) is 107 Å². The molecule has 8 nitrogen and oxygen atoms in total. The molecule has 3 N–H and O–H groups in total. The minimum absolute atomic E-state index is 0.373. The van der Waals surface area contributed by atoms with Crippen LogP contribution in [0.5, 0.6) is 0 Å². The molecule has 2 aromatic rings. The highest BCUT2D eigenvalue weighted by Crippen LogP contribution is 2.15. The highest BCUT2D eigenvalue weighted by atomic mass is 16.2. The third kappa shape index (κ3) is 1.99. The Labute approximate surface area is 107 Å². The second-order valence-electron chi connectivity index (χ2n) is 4.38. The van der Waals surface area contributed by atoms with Crippen LogP contribution >= 0.6 is 0 Å². The summed E-state index contributed by atoms with van der Waals surface area (Å²) in [6, 6.07) is 0. The predicted molar refractivity (Wildman–Crippen MR) is 70.4 cm³/mol. The van der Waals surface area contributed by atoms with E-state index in [9.17, 15) is 9.59 Å². The van der Waals surface area contributed by atoms with E-state index in [0.717, 1.165) is 18.8 Å². The quantitative estimate of drug-likeness (QED) is 0.595. The van der Waals surface area contributed by atoms with Gasteiger partial charge in [-0.25, -0.2) is 4.98 Å². The smallest absolute Gasteiger partial charge is 0.315 e. The minimum Gasteiger partial charge on any atom is -0.327 e. The lowest BCUT2D eigenvalue weighted by Gasteiger charge is -2.15. The molecule has 0 unspecified atom stereocenters. The largest absolute Gasteiger partial charge is 0.327 e. The molecule has 0 atom stereocenters. The van der Waals surface area contributed by atoms with E-state index in [1.54, 1.807) is 0 Å². The van der Waals surface area contributed by atoms with Crippen LogP contribution in [0.3, 0.4) is 0 Å². The highest BCUT2D eigenvalue weighted by Gasteiger charge is 2.17. The second kappa shape index (κ2) is 4.47. The number of nitrogens with zero attached hydrogens (tertiary/aromatic N) is 3. The molecule has 2 aromatic heterocycles. The number of anilines is 1. The Morgan fingerprint density at radius 1 is 1.21 bits per heavy atom. The molecule has 0 radical (unpaired) electrons. The van der Waals surface area contributed by atoms with Gasteiger partial charge in [-0.15, -0.1) is 0 Å². The number of aromatic nitrogens is 4. The first-order valence-electron chi connectivity index (χ1n) is 6.18. The van der Waals surface area contributed by atoms with Crippen LogP contribution < -0.4 is 21.3 Å². The third-order valence-electron chi connectivity index (χ3n) is 3.13. The van der Waals surface area contributed by atoms with Crippen LogP contribution in [-0.4, -0.2) is 39.7 Å². The summed E-state index contributed by atoms with van der Waals surface area (Å²) in [6.07, 6.45) is 0.648. The van der Waals surface area contributed by atoms with Gasteiger partial charge < -0.3 is 14.9 Å². The molecule has 1 saturated heterocycles. The molecular formula is C11H14N6O2. The van der Waals surface area contributed by atoms with E-state index in [2.05, 4.69) is 25.3 Å². The van der Waals surface area contributed by atoms with Crippen molar-refractivity contribution in [2.24, 2.45) is 0 Å². The summed E-state index contributed by atoms with van der Waals surface area (Å²) in [5.41, 5.74) is 0.224. The third-order valence-corrected chi connectivity index (χ3v) is 3.13. The van der Waals surface area contributed by atoms with Crippen molar-refractivity contribution in [3.8, 4) is 0 Å². The fourth-order valence-corrected chi connectivity index (χ4v) is 2.13. The van der Waals surface area contributed by atoms with Gasteiger partial charge in [-0.05, 0) is 6.42 Å². The fourth-order valence-electron chi connectivity index (χ4n) is 2.13. The average Bonchev–Trinajstić information content (AvgIpc) is 2.93. The first kappa shape index (κ1) is 11.8. The Morgan fingerprint density at radius 3 is 2.68 bits per heavy atom. The van der Waals surface area contributed by atoms with E-state index in [0.29, 0.717) is 30.2 Å². The van der Waals surface area contributed by atoms with Crippen LogP contribution in [0.15, 0.2) is 9.59 Å². The minimum atomic E-state index is -0.696. The first-order chi connectivity index (χ1) is 9.19. The molecule has 0 aromatic carbocycles. The molecule has 0 aliphatic carbocycles. The Bertz CT molecular complexity index is 728. The van der Waals surface area contributed by atoms with Crippen LogP contribution in [0, 0.1) is 0 Å². The Balaban J connectivity index is 2.24. The molecule has 0 amide bonds. The number of H-pyrrole nitrogens is 2. The van der Waals surface area contributed by atoms with Crippen molar-refractivity contribution in [3.05, 3.63) is 26.4 Å². The SMILES string of the molecule is CCc1nc(N2CCNC2)nc2[nH]c(=O)c(=O)[nH]c12. The molecule has 3 heterocycles. The Kier molecular flexibility index (Phi) is 2.79. The maximum absolute atomic E-state index is 11.4. The summed E-state index contributed by atoms with van der Waals surface area (Å²) in [4.78, 5) is 38.5. The average molecular weight is 262 g/mol. The summed E-state index contributed by atoms with van der Waals surface area (Å²) >= 11 is 0. The number of hydrogen-bond donors (Lipinski definition) is 3. The fraction of sp³-hybridized carbons (Fsp3) is 0.455. The van der Waals surface area contributed by atoms with Crippen LogP contribution in [-0.2, 0) is 6.42 Å².